The van der Waals surface area contributed by atoms with Gasteiger partial charge < -0.3 is 4.74 Å². The van der Waals surface area contributed by atoms with Crippen LogP contribution in [-0.2, 0) is 16.4 Å². The summed E-state index contributed by atoms with van der Waals surface area (Å²) in [4.78, 5) is 1.05. The Morgan fingerprint density at radius 2 is 1.79 bits per heavy atom. The van der Waals surface area contributed by atoms with Crippen LogP contribution in [0.4, 0.5) is 0 Å². The number of rotatable bonds is 4. The van der Waals surface area contributed by atoms with E-state index in [0.717, 1.165) is 16.4 Å². The van der Waals surface area contributed by atoms with Gasteiger partial charge in [-0.2, -0.15) is 5.26 Å². The maximum Gasteiger partial charge on any atom is 0.212 e. The molecule has 3 nitrogen and oxygen atoms in total. The molecule has 2 rings (SSSR count). The number of ether oxygens (including phenoxy) is 1. The molecular weight excluding hydrogens is 256 g/mol. The largest absolute Gasteiger partial charge is 0.497 e. The van der Waals surface area contributed by atoms with Crippen molar-refractivity contribution in [3.05, 3.63) is 60.2 Å². The summed E-state index contributed by atoms with van der Waals surface area (Å²) < 4.78 is 9.17. The SMILES string of the molecule is COc1ccc(S(Cc2ccccc2)=NC#N)cc1. The van der Waals surface area contributed by atoms with Crippen LogP contribution in [0.3, 0.4) is 0 Å². The number of benzene rings is 2. The lowest BCUT2D eigenvalue weighted by Crippen LogP contribution is -1.96. The van der Waals surface area contributed by atoms with Gasteiger partial charge in [-0.15, -0.1) is 4.36 Å². The van der Waals surface area contributed by atoms with Gasteiger partial charge in [0, 0.05) is 10.6 Å². The molecule has 0 radical (unpaired) electrons. The number of hydrogen-bond donors (Lipinski definition) is 0. The van der Waals surface area contributed by atoms with Gasteiger partial charge >= 0.3 is 0 Å². The first-order valence-corrected chi connectivity index (χ1v) is 7.17. The predicted octanol–water partition coefficient (Wildman–Crippen LogP) is 3.54. The molecule has 0 saturated heterocycles. The molecule has 1 atom stereocenters. The van der Waals surface area contributed by atoms with Gasteiger partial charge in [-0.3, -0.25) is 0 Å². The highest BCUT2D eigenvalue weighted by Gasteiger charge is 2.04. The average molecular weight is 270 g/mol. The molecule has 0 aliphatic heterocycles. The highest BCUT2D eigenvalue weighted by molar-refractivity contribution is 7.86. The van der Waals surface area contributed by atoms with Crippen LogP contribution in [0.15, 0.2) is 63.9 Å². The van der Waals surface area contributed by atoms with Gasteiger partial charge in [0.2, 0.25) is 6.19 Å². The summed E-state index contributed by atoms with van der Waals surface area (Å²) >= 11 is 0. The Morgan fingerprint density at radius 1 is 1.11 bits per heavy atom. The molecule has 0 fully saturated rings. The molecule has 0 aliphatic rings. The summed E-state index contributed by atoms with van der Waals surface area (Å²) in [5.74, 6) is 1.56. The van der Waals surface area contributed by atoms with Crippen LogP contribution < -0.4 is 4.74 Å². The third kappa shape index (κ3) is 3.67. The summed E-state index contributed by atoms with van der Waals surface area (Å²) in [5, 5.41) is 8.84. The second kappa shape index (κ2) is 6.72. The van der Waals surface area contributed by atoms with Crippen molar-refractivity contribution in [2.24, 2.45) is 4.36 Å². The van der Waals surface area contributed by atoms with Gasteiger partial charge in [0.15, 0.2) is 0 Å². The molecule has 0 N–H and O–H groups in total. The molecule has 2 aromatic carbocycles. The molecule has 0 heterocycles. The van der Waals surface area contributed by atoms with Crippen LogP contribution in [0.1, 0.15) is 5.56 Å². The first-order valence-electron chi connectivity index (χ1n) is 5.82. The summed E-state index contributed by atoms with van der Waals surface area (Å²) in [6.07, 6.45) is 1.92. The Hall–Kier alpha value is -2.12. The maximum atomic E-state index is 8.84. The molecular formula is C15H14N2OS. The van der Waals surface area contributed by atoms with E-state index in [2.05, 4.69) is 16.5 Å². The van der Waals surface area contributed by atoms with Crippen LogP contribution in [0.2, 0.25) is 0 Å². The van der Waals surface area contributed by atoms with Gasteiger partial charge in [-0.1, -0.05) is 30.3 Å². The first-order chi connectivity index (χ1) is 9.33. The Balaban J connectivity index is 2.26. The van der Waals surface area contributed by atoms with Gasteiger partial charge in [-0.05, 0) is 40.5 Å². The van der Waals surface area contributed by atoms with E-state index in [1.807, 2.05) is 48.7 Å². The molecule has 0 aromatic heterocycles. The zero-order valence-electron chi connectivity index (χ0n) is 10.6. The Kier molecular flexibility index (Phi) is 4.71. The highest BCUT2D eigenvalue weighted by atomic mass is 32.2. The Bertz CT molecular complexity index is 600. The minimum absolute atomic E-state index is 0.441. The predicted molar refractivity (Wildman–Crippen MR) is 76.8 cm³/mol. The van der Waals surface area contributed by atoms with E-state index in [0.29, 0.717) is 0 Å². The molecule has 0 amide bonds. The van der Waals surface area contributed by atoms with E-state index in [4.69, 9.17) is 10.00 Å². The smallest absolute Gasteiger partial charge is 0.212 e. The van der Waals surface area contributed by atoms with Crippen LogP contribution in [0.25, 0.3) is 0 Å². The number of hydrogen-bond acceptors (Lipinski definition) is 3. The van der Waals surface area contributed by atoms with Crippen LogP contribution >= 0.6 is 0 Å². The second-order valence-electron chi connectivity index (χ2n) is 3.86. The molecule has 96 valence electrons. The lowest BCUT2D eigenvalue weighted by Gasteiger charge is -2.07. The van der Waals surface area contributed by atoms with Crippen molar-refractivity contribution in [1.82, 2.24) is 0 Å². The molecule has 0 saturated carbocycles. The Morgan fingerprint density at radius 3 is 2.37 bits per heavy atom. The zero-order chi connectivity index (χ0) is 13.5. The number of nitriles is 1. The van der Waals surface area contributed by atoms with Crippen molar-refractivity contribution in [2.45, 2.75) is 10.6 Å². The summed E-state index contributed by atoms with van der Waals surface area (Å²) in [7, 11) is 1.20. The number of methoxy groups -OCH3 is 1. The third-order valence-electron chi connectivity index (χ3n) is 2.63. The monoisotopic (exact) mass is 270 g/mol. The average Bonchev–Trinajstić information content (AvgIpc) is 2.48. The second-order valence-corrected chi connectivity index (χ2v) is 5.53. The van der Waals surface area contributed by atoms with Crippen molar-refractivity contribution in [3.8, 4) is 11.9 Å². The van der Waals surface area contributed by atoms with E-state index < -0.39 is 10.7 Å². The van der Waals surface area contributed by atoms with Crippen LogP contribution in [0, 0.1) is 11.5 Å². The minimum atomic E-state index is -0.441. The van der Waals surface area contributed by atoms with Crippen LogP contribution in [-0.4, -0.2) is 7.11 Å². The lowest BCUT2D eigenvalue weighted by atomic mass is 10.2. The Labute approximate surface area is 115 Å². The van der Waals surface area contributed by atoms with Gasteiger partial charge in [-0.25, -0.2) is 0 Å². The molecule has 0 aliphatic carbocycles. The van der Waals surface area contributed by atoms with Crippen molar-refractivity contribution in [1.29, 1.82) is 5.26 Å². The normalized spacial score (nSPS) is 11.8. The van der Waals surface area contributed by atoms with Gasteiger partial charge in [0.05, 0.1) is 7.11 Å². The van der Waals surface area contributed by atoms with E-state index in [-0.39, 0.29) is 0 Å². The van der Waals surface area contributed by atoms with Crippen molar-refractivity contribution in [2.75, 3.05) is 7.11 Å². The fraction of sp³-hybridized carbons (Fsp3) is 0.133. The summed E-state index contributed by atoms with van der Waals surface area (Å²) in [6.45, 7) is 0. The van der Waals surface area contributed by atoms with Gasteiger partial charge in [0.1, 0.15) is 5.75 Å². The fourth-order valence-corrected chi connectivity index (χ4v) is 3.08. The summed E-state index contributed by atoms with van der Waals surface area (Å²) in [6, 6.07) is 17.8. The molecule has 2 aromatic rings. The van der Waals surface area contributed by atoms with Crippen molar-refractivity contribution < 1.29 is 4.74 Å². The first kappa shape index (κ1) is 13.3. The molecule has 19 heavy (non-hydrogen) atoms. The molecule has 0 spiro atoms. The topological polar surface area (TPSA) is 45.4 Å². The minimum Gasteiger partial charge on any atom is -0.497 e. The lowest BCUT2D eigenvalue weighted by molar-refractivity contribution is 0.414. The van der Waals surface area contributed by atoms with Crippen molar-refractivity contribution >= 4 is 10.7 Å². The summed E-state index contributed by atoms with van der Waals surface area (Å²) in [5.41, 5.74) is 1.18. The molecule has 4 heteroatoms. The van der Waals surface area contributed by atoms with E-state index in [1.165, 1.54) is 5.56 Å². The maximum absolute atomic E-state index is 8.84. The fourth-order valence-electron chi connectivity index (χ4n) is 1.68. The molecule has 1 unspecified atom stereocenters. The third-order valence-corrected chi connectivity index (χ3v) is 4.35. The van der Waals surface area contributed by atoms with Crippen LogP contribution in [0.5, 0.6) is 5.75 Å². The van der Waals surface area contributed by atoms with Gasteiger partial charge in [0.25, 0.3) is 0 Å². The zero-order valence-corrected chi connectivity index (χ0v) is 11.4. The van der Waals surface area contributed by atoms with E-state index in [9.17, 15) is 0 Å². The standard InChI is InChI=1S/C15H14N2OS/c1-18-14-7-9-15(10-8-14)19(17-12-16)11-13-5-3-2-4-6-13/h2-10H,11H2,1H3. The van der Waals surface area contributed by atoms with E-state index >= 15 is 0 Å². The number of nitrogens with zero attached hydrogens (tertiary/aromatic N) is 2. The highest BCUT2D eigenvalue weighted by Crippen LogP contribution is 2.18. The molecule has 0 bridgehead atoms. The quantitative estimate of drug-likeness (QED) is 0.798. The van der Waals surface area contributed by atoms with Crippen molar-refractivity contribution in [3.63, 3.8) is 0 Å². The van der Waals surface area contributed by atoms with E-state index in [1.54, 1.807) is 7.11 Å².